The zero-order valence-corrected chi connectivity index (χ0v) is 19.2. The smallest absolute Gasteiger partial charge is 0.0799 e. The van der Waals surface area contributed by atoms with Crippen LogP contribution in [0.2, 0.25) is 0 Å². The molecule has 2 heteroatoms. The maximum absolute atomic E-state index is 2.31. The molecule has 1 aliphatic heterocycles. The van der Waals surface area contributed by atoms with Crippen molar-refractivity contribution in [3.05, 3.63) is 0 Å². The number of nitrogens with one attached hydrogen (secondary N) is 1. The molecule has 1 fully saturated rings. The van der Waals surface area contributed by atoms with Crippen LogP contribution in [0.1, 0.15) is 123 Å². The molecule has 0 amide bonds. The van der Waals surface area contributed by atoms with Crippen molar-refractivity contribution in [2.24, 2.45) is 5.92 Å². The fourth-order valence-electron chi connectivity index (χ4n) is 4.45. The summed E-state index contributed by atoms with van der Waals surface area (Å²) in [4.78, 5) is 1.93. The average molecular weight is 419 g/mol. The number of hydrogen-bond acceptors (Lipinski definition) is 0. The maximum Gasteiger partial charge on any atom is 0.0799 e. The SMILES string of the molecule is CCCCCCCCCC1CCC[NH+](CCCCCCCCC)C1.[Br-]. The number of halogens is 1. The molecule has 0 aromatic heterocycles. The van der Waals surface area contributed by atoms with Crippen molar-refractivity contribution in [2.75, 3.05) is 19.6 Å². The van der Waals surface area contributed by atoms with E-state index in [0.29, 0.717) is 0 Å². The predicted octanol–water partition coefficient (Wildman–Crippen LogP) is 3.18. The molecule has 0 saturated carbocycles. The lowest BCUT2D eigenvalue weighted by Crippen LogP contribution is -3.13. The van der Waals surface area contributed by atoms with Gasteiger partial charge in [0.05, 0.1) is 19.6 Å². The summed E-state index contributed by atoms with van der Waals surface area (Å²) in [5.74, 6) is 1.05. The Labute approximate surface area is 170 Å². The number of piperidine rings is 1. The molecule has 0 aliphatic carbocycles. The van der Waals surface area contributed by atoms with Crippen molar-refractivity contribution in [3.63, 3.8) is 0 Å². The zero-order valence-electron chi connectivity index (χ0n) is 17.6. The summed E-state index contributed by atoms with van der Waals surface area (Å²) in [6.07, 6.45) is 25.0. The Morgan fingerprint density at radius 3 is 1.80 bits per heavy atom. The van der Waals surface area contributed by atoms with Crippen LogP contribution in [-0.2, 0) is 0 Å². The Morgan fingerprint density at radius 1 is 0.680 bits per heavy atom. The second kappa shape index (κ2) is 19.2. The summed E-state index contributed by atoms with van der Waals surface area (Å²) in [5.41, 5.74) is 0. The molecule has 1 heterocycles. The van der Waals surface area contributed by atoms with E-state index in [2.05, 4.69) is 13.8 Å². The standard InChI is InChI=1S/C23H47N.BrH/c1-3-5-7-9-11-13-15-18-23-19-17-21-24(22-23)20-16-14-12-10-8-6-4-2;/h23H,3-22H2,1-2H3;1H. The van der Waals surface area contributed by atoms with Gasteiger partial charge in [0.1, 0.15) is 0 Å². The molecule has 152 valence electrons. The molecule has 0 radical (unpaired) electrons. The molecule has 1 rings (SSSR count). The van der Waals surface area contributed by atoms with Crippen molar-refractivity contribution in [2.45, 2.75) is 123 Å². The molecule has 1 N–H and O–H groups in total. The van der Waals surface area contributed by atoms with Crippen molar-refractivity contribution in [1.29, 1.82) is 0 Å². The topological polar surface area (TPSA) is 4.44 Å². The molecule has 0 spiro atoms. The molecule has 0 aromatic carbocycles. The van der Waals surface area contributed by atoms with Crippen LogP contribution in [0.25, 0.3) is 0 Å². The third kappa shape index (κ3) is 15.2. The minimum atomic E-state index is 0. The van der Waals surface area contributed by atoms with Crippen LogP contribution in [-0.4, -0.2) is 19.6 Å². The van der Waals surface area contributed by atoms with E-state index >= 15 is 0 Å². The highest BCUT2D eigenvalue weighted by atomic mass is 79.9. The van der Waals surface area contributed by atoms with Crippen LogP contribution in [0.4, 0.5) is 0 Å². The first kappa shape index (κ1) is 25.4. The van der Waals surface area contributed by atoms with Gasteiger partial charge in [-0.15, -0.1) is 0 Å². The Bertz CT molecular complexity index is 232. The van der Waals surface area contributed by atoms with E-state index in [0.717, 1.165) is 5.92 Å². The Hall–Kier alpha value is 0.440. The van der Waals surface area contributed by atoms with Crippen molar-refractivity contribution < 1.29 is 21.9 Å². The summed E-state index contributed by atoms with van der Waals surface area (Å²) in [6, 6.07) is 0. The highest BCUT2D eigenvalue weighted by Gasteiger charge is 2.22. The Kier molecular flexibility index (Phi) is 19.5. The summed E-state index contributed by atoms with van der Waals surface area (Å²) in [6.45, 7) is 9.03. The number of quaternary nitrogens is 1. The molecule has 0 aromatic rings. The number of likely N-dealkylation sites (tertiary alicyclic amines) is 1. The molecule has 0 bridgehead atoms. The summed E-state index contributed by atoms with van der Waals surface area (Å²) in [5, 5.41) is 0. The van der Waals surface area contributed by atoms with E-state index in [1.54, 1.807) is 0 Å². The number of hydrogen-bond donors (Lipinski definition) is 1. The molecular weight excluding hydrogens is 370 g/mol. The second-order valence-corrected chi connectivity index (χ2v) is 8.49. The van der Waals surface area contributed by atoms with Gasteiger partial charge in [-0.1, -0.05) is 90.9 Å². The van der Waals surface area contributed by atoms with Crippen molar-refractivity contribution in [1.82, 2.24) is 0 Å². The van der Waals surface area contributed by atoms with Crippen LogP contribution >= 0.6 is 0 Å². The van der Waals surface area contributed by atoms with Gasteiger partial charge >= 0.3 is 0 Å². The van der Waals surface area contributed by atoms with Gasteiger partial charge in [0, 0.05) is 5.92 Å². The number of rotatable bonds is 16. The fourth-order valence-corrected chi connectivity index (χ4v) is 4.45. The Morgan fingerprint density at radius 2 is 1.20 bits per heavy atom. The van der Waals surface area contributed by atoms with E-state index in [-0.39, 0.29) is 17.0 Å². The van der Waals surface area contributed by atoms with Gasteiger partial charge in [-0.25, -0.2) is 0 Å². The lowest BCUT2D eigenvalue weighted by Gasteiger charge is -2.30. The molecule has 25 heavy (non-hydrogen) atoms. The van der Waals surface area contributed by atoms with E-state index in [1.165, 1.54) is 129 Å². The van der Waals surface area contributed by atoms with Crippen LogP contribution in [0.5, 0.6) is 0 Å². The van der Waals surface area contributed by atoms with Gasteiger partial charge in [-0.05, 0) is 32.1 Å². The first-order valence-electron chi connectivity index (χ1n) is 11.7. The molecule has 2 atom stereocenters. The summed E-state index contributed by atoms with van der Waals surface area (Å²) in [7, 11) is 0. The lowest BCUT2D eigenvalue weighted by molar-refractivity contribution is -0.909. The maximum atomic E-state index is 2.31. The quantitative estimate of drug-likeness (QED) is 0.367. The monoisotopic (exact) mass is 417 g/mol. The van der Waals surface area contributed by atoms with Crippen molar-refractivity contribution >= 4 is 0 Å². The van der Waals surface area contributed by atoms with Gasteiger partial charge in [0.15, 0.2) is 0 Å². The highest BCUT2D eigenvalue weighted by Crippen LogP contribution is 2.17. The van der Waals surface area contributed by atoms with Gasteiger partial charge in [0.2, 0.25) is 0 Å². The third-order valence-electron chi connectivity index (χ3n) is 6.07. The highest BCUT2D eigenvalue weighted by molar-refractivity contribution is 4.62. The van der Waals surface area contributed by atoms with Gasteiger partial charge in [-0.3, -0.25) is 0 Å². The zero-order chi connectivity index (χ0) is 17.3. The molecule has 1 aliphatic rings. The Balaban J connectivity index is 0.00000576. The minimum Gasteiger partial charge on any atom is -1.00 e. The largest absolute Gasteiger partial charge is 1.00 e. The second-order valence-electron chi connectivity index (χ2n) is 8.49. The number of unbranched alkanes of at least 4 members (excludes halogenated alkanes) is 12. The first-order chi connectivity index (χ1) is 11.9. The van der Waals surface area contributed by atoms with E-state index in [1.807, 2.05) is 4.90 Å². The van der Waals surface area contributed by atoms with Gasteiger partial charge < -0.3 is 21.9 Å². The van der Waals surface area contributed by atoms with E-state index < -0.39 is 0 Å². The summed E-state index contributed by atoms with van der Waals surface area (Å²) >= 11 is 0. The van der Waals surface area contributed by atoms with Crippen LogP contribution in [0.15, 0.2) is 0 Å². The van der Waals surface area contributed by atoms with Gasteiger partial charge in [0.25, 0.3) is 0 Å². The molecule has 2 unspecified atom stereocenters. The van der Waals surface area contributed by atoms with E-state index in [9.17, 15) is 0 Å². The lowest BCUT2D eigenvalue weighted by atomic mass is 9.92. The fraction of sp³-hybridized carbons (Fsp3) is 1.00. The molecule has 1 nitrogen and oxygen atoms in total. The first-order valence-corrected chi connectivity index (χ1v) is 11.7. The third-order valence-corrected chi connectivity index (χ3v) is 6.07. The van der Waals surface area contributed by atoms with Crippen LogP contribution in [0, 0.1) is 5.92 Å². The average Bonchev–Trinajstić information content (AvgIpc) is 2.60. The molecule has 1 saturated heterocycles. The van der Waals surface area contributed by atoms with E-state index in [4.69, 9.17) is 0 Å². The van der Waals surface area contributed by atoms with Crippen LogP contribution in [0.3, 0.4) is 0 Å². The predicted molar refractivity (Wildman–Crippen MR) is 109 cm³/mol. The van der Waals surface area contributed by atoms with Gasteiger partial charge in [-0.2, -0.15) is 0 Å². The van der Waals surface area contributed by atoms with Crippen molar-refractivity contribution in [3.8, 4) is 0 Å². The minimum absolute atomic E-state index is 0. The molecular formula is C23H48BrN. The van der Waals surface area contributed by atoms with Crippen LogP contribution < -0.4 is 21.9 Å². The normalized spacial score (nSPS) is 20.4. The summed E-state index contributed by atoms with van der Waals surface area (Å²) < 4.78 is 0.